The van der Waals surface area contributed by atoms with Gasteiger partial charge < -0.3 is 5.32 Å². The fourth-order valence-corrected chi connectivity index (χ4v) is 2.22. The van der Waals surface area contributed by atoms with Crippen LogP contribution in [0.15, 0.2) is 24.4 Å². The lowest BCUT2D eigenvalue weighted by molar-refractivity contribution is 0.527. The van der Waals surface area contributed by atoms with E-state index in [9.17, 15) is 0 Å². The molecule has 0 unspecified atom stereocenters. The van der Waals surface area contributed by atoms with Gasteiger partial charge in [0.2, 0.25) is 0 Å². The highest BCUT2D eigenvalue weighted by Crippen LogP contribution is 2.32. The first kappa shape index (κ1) is 14.5. The van der Waals surface area contributed by atoms with Gasteiger partial charge in [0, 0.05) is 12.2 Å². The number of halogens is 3. The summed E-state index contributed by atoms with van der Waals surface area (Å²) in [5.74, 6) is 0. The van der Waals surface area contributed by atoms with Crippen LogP contribution in [0.5, 0.6) is 0 Å². The van der Waals surface area contributed by atoms with Crippen molar-refractivity contribution < 1.29 is 0 Å². The summed E-state index contributed by atoms with van der Waals surface area (Å²) in [6, 6.07) is 5.66. The van der Waals surface area contributed by atoms with Crippen molar-refractivity contribution in [3.8, 4) is 0 Å². The van der Waals surface area contributed by atoms with Crippen molar-refractivity contribution >= 4 is 40.5 Å². The standard InChI is InChI=1S/C13H14Cl3N3/c1-8(2)19-4-3-9(18-19)7-17-13-6-11(15)10(14)5-12(13)16/h3-6,8,17H,7H2,1-2H3. The molecule has 0 atom stereocenters. The lowest BCUT2D eigenvalue weighted by atomic mass is 10.3. The van der Waals surface area contributed by atoms with E-state index in [0.29, 0.717) is 27.7 Å². The minimum atomic E-state index is 0.349. The van der Waals surface area contributed by atoms with Gasteiger partial charge in [-0.2, -0.15) is 5.10 Å². The summed E-state index contributed by atoms with van der Waals surface area (Å²) in [4.78, 5) is 0. The molecular formula is C13H14Cl3N3. The van der Waals surface area contributed by atoms with E-state index in [-0.39, 0.29) is 0 Å². The van der Waals surface area contributed by atoms with Crippen LogP contribution in [0.4, 0.5) is 5.69 Å². The van der Waals surface area contributed by atoms with Crippen LogP contribution in [0.25, 0.3) is 0 Å². The lowest BCUT2D eigenvalue weighted by Gasteiger charge is -2.09. The number of hydrogen-bond acceptors (Lipinski definition) is 2. The van der Waals surface area contributed by atoms with E-state index in [1.807, 2.05) is 16.9 Å². The molecule has 0 saturated heterocycles. The Morgan fingerprint density at radius 3 is 2.47 bits per heavy atom. The van der Waals surface area contributed by atoms with Crippen molar-refractivity contribution in [2.45, 2.75) is 26.4 Å². The van der Waals surface area contributed by atoms with Crippen molar-refractivity contribution in [1.29, 1.82) is 0 Å². The fraction of sp³-hybridized carbons (Fsp3) is 0.308. The van der Waals surface area contributed by atoms with Gasteiger partial charge in [0.05, 0.1) is 33.0 Å². The van der Waals surface area contributed by atoms with E-state index in [1.165, 1.54) is 0 Å². The smallest absolute Gasteiger partial charge is 0.0815 e. The third-order valence-electron chi connectivity index (χ3n) is 2.66. The number of nitrogens with one attached hydrogen (secondary N) is 1. The molecule has 0 aliphatic carbocycles. The number of benzene rings is 1. The van der Waals surface area contributed by atoms with Crippen LogP contribution < -0.4 is 5.32 Å². The van der Waals surface area contributed by atoms with Gasteiger partial charge in [-0.1, -0.05) is 34.8 Å². The molecule has 0 amide bonds. The Labute approximate surface area is 127 Å². The summed E-state index contributed by atoms with van der Waals surface area (Å²) in [5, 5.41) is 9.10. The van der Waals surface area contributed by atoms with Crippen LogP contribution in [0.2, 0.25) is 15.1 Å². The molecule has 0 aliphatic rings. The Bertz CT molecular complexity index is 579. The molecule has 3 nitrogen and oxygen atoms in total. The highest BCUT2D eigenvalue weighted by Gasteiger charge is 2.07. The van der Waals surface area contributed by atoms with E-state index < -0.39 is 0 Å². The second-order valence-electron chi connectivity index (χ2n) is 4.48. The molecule has 0 aliphatic heterocycles. The van der Waals surface area contributed by atoms with Gasteiger partial charge in [-0.05, 0) is 32.0 Å². The van der Waals surface area contributed by atoms with E-state index in [2.05, 4.69) is 24.3 Å². The molecule has 0 saturated carbocycles. The molecule has 2 rings (SSSR count). The van der Waals surface area contributed by atoms with Crippen molar-refractivity contribution in [3.05, 3.63) is 45.2 Å². The summed E-state index contributed by atoms with van der Waals surface area (Å²) in [6.07, 6.45) is 1.96. The number of anilines is 1. The SMILES string of the molecule is CC(C)n1ccc(CNc2cc(Cl)c(Cl)cc2Cl)n1. The maximum absolute atomic E-state index is 6.09. The first-order valence-corrected chi connectivity index (χ1v) is 7.03. The van der Waals surface area contributed by atoms with Crippen molar-refractivity contribution in [3.63, 3.8) is 0 Å². The monoisotopic (exact) mass is 317 g/mol. The van der Waals surface area contributed by atoms with Gasteiger partial charge in [0.15, 0.2) is 0 Å². The molecule has 0 spiro atoms. The van der Waals surface area contributed by atoms with E-state index in [4.69, 9.17) is 34.8 Å². The second kappa shape index (κ2) is 6.04. The Kier molecular flexibility index (Phi) is 4.61. The third kappa shape index (κ3) is 3.56. The van der Waals surface area contributed by atoms with Gasteiger partial charge in [0.1, 0.15) is 0 Å². The molecule has 0 fully saturated rings. The van der Waals surface area contributed by atoms with Crippen LogP contribution in [-0.4, -0.2) is 9.78 Å². The Hall–Kier alpha value is -0.900. The summed E-state index contributed by atoms with van der Waals surface area (Å²) < 4.78 is 1.91. The third-order valence-corrected chi connectivity index (χ3v) is 3.70. The van der Waals surface area contributed by atoms with Crippen molar-refractivity contribution in [1.82, 2.24) is 9.78 Å². The Morgan fingerprint density at radius 1 is 1.16 bits per heavy atom. The number of nitrogens with zero attached hydrogens (tertiary/aromatic N) is 2. The van der Waals surface area contributed by atoms with Crippen LogP contribution in [0.3, 0.4) is 0 Å². The Morgan fingerprint density at radius 2 is 1.84 bits per heavy atom. The van der Waals surface area contributed by atoms with E-state index >= 15 is 0 Å². The lowest BCUT2D eigenvalue weighted by Crippen LogP contribution is -2.05. The average Bonchev–Trinajstić information content (AvgIpc) is 2.81. The van der Waals surface area contributed by atoms with E-state index in [1.54, 1.807) is 12.1 Å². The van der Waals surface area contributed by atoms with Crippen LogP contribution in [0, 0.1) is 0 Å². The molecule has 102 valence electrons. The van der Waals surface area contributed by atoms with Crippen molar-refractivity contribution in [2.24, 2.45) is 0 Å². The molecule has 1 aromatic heterocycles. The number of rotatable bonds is 4. The molecule has 1 aromatic carbocycles. The minimum absolute atomic E-state index is 0.349. The van der Waals surface area contributed by atoms with E-state index in [0.717, 1.165) is 11.4 Å². The zero-order valence-electron chi connectivity index (χ0n) is 10.6. The van der Waals surface area contributed by atoms with Crippen LogP contribution >= 0.6 is 34.8 Å². The number of aromatic nitrogens is 2. The first-order chi connectivity index (χ1) is 8.97. The van der Waals surface area contributed by atoms with Gasteiger partial charge in [-0.3, -0.25) is 4.68 Å². The fourth-order valence-electron chi connectivity index (χ4n) is 1.60. The van der Waals surface area contributed by atoms with Gasteiger partial charge in [-0.15, -0.1) is 0 Å². The normalized spacial score (nSPS) is 11.1. The second-order valence-corrected chi connectivity index (χ2v) is 5.70. The zero-order chi connectivity index (χ0) is 14.0. The quantitative estimate of drug-likeness (QED) is 0.801. The van der Waals surface area contributed by atoms with Gasteiger partial charge >= 0.3 is 0 Å². The summed E-state index contributed by atoms with van der Waals surface area (Å²) >= 11 is 17.9. The van der Waals surface area contributed by atoms with Gasteiger partial charge in [0.25, 0.3) is 0 Å². The number of hydrogen-bond donors (Lipinski definition) is 1. The predicted octanol–water partition coefficient (Wildman–Crippen LogP) is 5.04. The molecular weight excluding hydrogens is 305 g/mol. The van der Waals surface area contributed by atoms with Crippen molar-refractivity contribution in [2.75, 3.05) is 5.32 Å². The molecule has 2 aromatic rings. The van der Waals surface area contributed by atoms with Gasteiger partial charge in [-0.25, -0.2) is 0 Å². The highest BCUT2D eigenvalue weighted by atomic mass is 35.5. The molecule has 1 N–H and O–H groups in total. The van der Waals surface area contributed by atoms with Crippen LogP contribution in [-0.2, 0) is 6.54 Å². The molecule has 0 radical (unpaired) electrons. The summed E-state index contributed by atoms with van der Waals surface area (Å²) in [5.41, 5.74) is 1.69. The zero-order valence-corrected chi connectivity index (χ0v) is 12.9. The molecule has 1 heterocycles. The highest BCUT2D eigenvalue weighted by molar-refractivity contribution is 6.44. The molecule has 0 bridgehead atoms. The minimum Gasteiger partial charge on any atom is -0.378 e. The largest absolute Gasteiger partial charge is 0.378 e. The summed E-state index contributed by atoms with van der Waals surface area (Å²) in [7, 11) is 0. The molecule has 19 heavy (non-hydrogen) atoms. The summed E-state index contributed by atoms with van der Waals surface area (Å²) in [6.45, 7) is 4.75. The predicted molar refractivity (Wildman–Crippen MR) is 81.4 cm³/mol. The van der Waals surface area contributed by atoms with Crippen LogP contribution in [0.1, 0.15) is 25.6 Å². The average molecular weight is 319 g/mol. The maximum atomic E-state index is 6.09. The first-order valence-electron chi connectivity index (χ1n) is 5.90. The Balaban J connectivity index is 2.07. The molecule has 6 heteroatoms. The maximum Gasteiger partial charge on any atom is 0.0815 e. The topological polar surface area (TPSA) is 29.9 Å².